The molecule has 1 aromatic heterocycles. The van der Waals surface area contributed by atoms with Crippen LogP contribution >= 0.6 is 0 Å². The van der Waals surface area contributed by atoms with E-state index < -0.39 is 0 Å². The highest BCUT2D eigenvalue weighted by atomic mass is 16.5. The fourth-order valence-corrected chi connectivity index (χ4v) is 2.73. The summed E-state index contributed by atoms with van der Waals surface area (Å²) in [5, 5.41) is 11.2. The van der Waals surface area contributed by atoms with Crippen LogP contribution in [0.4, 0.5) is 0 Å². The van der Waals surface area contributed by atoms with Gasteiger partial charge >= 0.3 is 0 Å². The van der Waals surface area contributed by atoms with Crippen LogP contribution in [0.2, 0.25) is 0 Å². The molecule has 0 saturated carbocycles. The quantitative estimate of drug-likeness (QED) is 0.845. The van der Waals surface area contributed by atoms with Crippen LogP contribution in [0.1, 0.15) is 49.2 Å². The van der Waals surface area contributed by atoms with Crippen molar-refractivity contribution in [3.8, 4) is 0 Å². The first-order valence-electron chi connectivity index (χ1n) is 6.58. The molecule has 0 bridgehead atoms. The highest BCUT2D eigenvalue weighted by Crippen LogP contribution is 2.22. The minimum atomic E-state index is 0.323. The highest BCUT2D eigenvalue weighted by molar-refractivity contribution is 5.24. The van der Waals surface area contributed by atoms with Crippen LogP contribution < -0.4 is 10.6 Å². The molecule has 1 fully saturated rings. The van der Waals surface area contributed by atoms with Crippen molar-refractivity contribution in [1.29, 1.82) is 0 Å². The van der Waals surface area contributed by atoms with E-state index in [-0.39, 0.29) is 0 Å². The molecule has 2 atom stereocenters. The van der Waals surface area contributed by atoms with E-state index in [1.165, 1.54) is 24.8 Å². The van der Waals surface area contributed by atoms with Crippen molar-refractivity contribution in [2.75, 3.05) is 13.1 Å². The van der Waals surface area contributed by atoms with Crippen molar-refractivity contribution in [2.24, 2.45) is 0 Å². The molecular weight excluding hydrogens is 214 g/mol. The molecule has 2 N–H and O–H groups in total. The lowest BCUT2D eigenvalue weighted by Gasteiger charge is -2.21. The molecule has 96 valence electrons. The van der Waals surface area contributed by atoms with Gasteiger partial charge in [-0.2, -0.15) is 0 Å². The van der Waals surface area contributed by atoms with Crippen LogP contribution in [0.3, 0.4) is 0 Å². The molecule has 0 radical (unpaired) electrons. The molecule has 1 saturated heterocycles. The molecular formula is C13H23N3O. The summed E-state index contributed by atoms with van der Waals surface area (Å²) in [7, 11) is 0. The van der Waals surface area contributed by atoms with Crippen molar-refractivity contribution >= 4 is 0 Å². The molecule has 0 amide bonds. The van der Waals surface area contributed by atoms with E-state index in [4.69, 9.17) is 4.52 Å². The maximum Gasteiger partial charge on any atom is 0.138 e. The Morgan fingerprint density at radius 3 is 2.88 bits per heavy atom. The standard InChI is InChI=1S/C13H23N3O/c1-9(13-10(2)16-17-11(13)3)15-12-5-4-7-14-8-6-12/h9,12,14-15H,4-8H2,1-3H3. The Morgan fingerprint density at radius 2 is 2.18 bits per heavy atom. The fraction of sp³-hybridized carbons (Fsp3) is 0.769. The van der Waals surface area contributed by atoms with Gasteiger partial charge in [-0.25, -0.2) is 0 Å². The summed E-state index contributed by atoms with van der Waals surface area (Å²) in [5.41, 5.74) is 2.23. The van der Waals surface area contributed by atoms with Gasteiger partial charge in [-0.05, 0) is 53.1 Å². The lowest BCUT2D eigenvalue weighted by atomic mass is 10.0. The Morgan fingerprint density at radius 1 is 1.35 bits per heavy atom. The van der Waals surface area contributed by atoms with Crippen LogP contribution in [0, 0.1) is 13.8 Å². The summed E-state index contributed by atoms with van der Waals surface area (Å²) in [6, 6.07) is 0.929. The summed E-state index contributed by atoms with van der Waals surface area (Å²) >= 11 is 0. The highest BCUT2D eigenvalue weighted by Gasteiger charge is 2.20. The predicted octanol–water partition coefficient (Wildman–Crippen LogP) is 2.08. The molecule has 0 aromatic carbocycles. The zero-order valence-electron chi connectivity index (χ0n) is 11.0. The van der Waals surface area contributed by atoms with Crippen LogP contribution in [-0.4, -0.2) is 24.3 Å². The number of hydrogen-bond acceptors (Lipinski definition) is 4. The van der Waals surface area contributed by atoms with Gasteiger partial charge in [0.25, 0.3) is 0 Å². The Kier molecular flexibility index (Phi) is 4.18. The first kappa shape index (κ1) is 12.6. The molecule has 0 spiro atoms. The van der Waals surface area contributed by atoms with Gasteiger partial charge in [-0.3, -0.25) is 0 Å². The molecule has 17 heavy (non-hydrogen) atoms. The third kappa shape index (κ3) is 3.07. The van der Waals surface area contributed by atoms with E-state index in [0.29, 0.717) is 12.1 Å². The van der Waals surface area contributed by atoms with E-state index >= 15 is 0 Å². The van der Waals surface area contributed by atoms with Gasteiger partial charge in [0.2, 0.25) is 0 Å². The van der Waals surface area contributed by atoms with E-state index in [9.17, 15) is 0 Å². The van der Waals surface area contributed by atoms with Gasteiger partial charge in [0, 0.05) is 17.6 Å². The third-order valence-electron chi connectivity index (χ3n) is 3.58. The maximum atomic E-state index is 5.23. The van der Waals surface area contributed by atoms with Crippen molar-refractivity contribution in [3.05, 3.63) is 17.0 Å². The number of hydrogen-bond donors (Lipinski definition) is 2. The molecule has 1 aliphatic rings. The molecule has 2 unspecified atom stereocenters. The monoisotopic (exact) mass is 237 g/mol. The largest absolute Gasteiger partial charge is 0.361 e. The summed E-state index contributed by atoms with van der Waals surface area (Å²) in [6.45, 7) is 8.47. The zero-order chi connectivity index (χ0) is 12.3. The second-order valence-corrected chi connectivity index (χ2v) is 5.00. The summed E-state index contributed by atoms with van der Waals surface area (Å²) in [5.74, 6) is 0.939. The predicted molar refractivity (Wildman–Crippen MR) is 68.0 cm³/mol. The van der Waals surface area contributed by atoms with Gasteiger partial charge in [0.1, 0.15) is 5.76 Å². The average Bonchev–Trinajstić information content (AvgIpc) is 2.53. The van der Waals surface area contributed by atoms with E-state index in [0.717, 1.165) is 24.5 Å². The topological polar surface area (TPSA) is 50.1 Å². The minimum Gasteiger partial charge on any atom is -0.361 e. The second kappa shape index (κ2) is 5.65. The lowest BCUT2D eigenvalue weighted by molar-refractivity contribution is 0.385. The number of rotatable bonds is 3. The Labute approximate surface area is 103 Å². The molecule has 2 rings (SSSR count). The minimum absolute atomic E-state index is 0.323. The van der Waals surface area contributed by atoms with Gasteiger partial charge < -0.3 is 15.2 Å². The van der Waals surface area contributed by atoms with E-state index in [2.05, 4.69) is 22.7 Å². The van der Waals surface area contributed by atoms with Gasteiger partial charge in [-0.15, -0.1) is 0 Å². The third-order valence-corrected chi connectivity index (χ3v) is 3.58. The second-order valence-electron chi connectivity index (χ2n) is 5.00. The number of nitrogens with zero attached hydrogens (tertiary/aromatic N) is 1. The molecule has 0 aliphatic carbocycles. The lowest BCUT2D eigenvalue weighted by Crippen LogP contribution is -2.32. The number of aryl methyl sites for hydroxylation is 2. The Balaban J connectivity index is 1.98. The van der Waals surface area contributed by atoms with Gasteiger partial charge in [0.15, 0.2) is 0 Å². The average molecular weight is 237 g/mol. The van der Waals surface area contributed by atoms with Crippen molar-refractivity contribution in [3.63, 3.8) is 0 Å². The fourth-order valence-electron chi connectivity index (χ4n) is 2.73. The van der Waals surface area contributed by atoms with Crippen LogP contribution in [0.15, 0.2) is 4.52 Å². The molecule has 1 aromatic rings. The van der Waals surface area contributed by atoms with Crippen molar-refractivity contribution in [2.45, 2.75) is 52.1 Å². The maximum absolute atomic E-state index is 5.23. The summed E-state index contributed by atoms with van der Waals surface area (Å²) < 4.78 is 5.23. The Bertz CT molecular complexity index is 334. The van der Waals surface area contributed by atoms with Crippen LogP contribution in [-0.2, 0) is 0 Å². The van der Waals surface area contributed by atoms with Gasteiger partial charge in [0.05, 0.1) is 5.69 Å². The SMILES string of the molecule is Cc1noc(C)c1C(C)NC1CCCNCC1. The zero-order valence-corrected chi connectivity index (χ0v) is 11.0. The van der Waals surface area contributed by atoms with Crippen LogP contribution in [0.5, 0.6) is 0 Å². The first-order chi connectivity index (χ1) is 8.18. The summed E-state index contributed by atoms with van der Waals surface area (Å²) in [6.07, 6.45) is 3.71. The van der Waals surface area contributed by atoms with Crippen molar-refractivity contribution < 1.29 is 4.52 Å². The number of nitrogens with one attached hydrogen (secondary N) is 2. The summed E-state index contributed by atoms with van der Waals surface area (Å²) in [4.78, 5) is 0. The first-order valence-corrected chi connectivity index (χ1v) is 6.58. The normalized spacial score (nSPS) is 23.4. The number of aromatic nitrogens is 1. The molecule has 4 heteroatoms. The molecule has 1 aliphatic heterocycles. The molecule has 2 heterocycles. The van der Waals surface area contributed by atoms with E-state index in [1.807, 2.05) is 13.8 Å². The van der Waals surface area contributed by atoms with Crippen LogP contribution in [0.25, 0.3) is 0 Å². The van der Waals surface area contributed by atoms with Gasteiger partial charge in [-0.1, -0.05) is 5.16 Å². The smallest absolute Gasteiger partial charge is 0.138 e. The van der Waals surface area contributed by atoms with E-state index in [1.54, 1.807) is 0 Å². The Hall–Kier alpha value is -0.870. The molecule has 4 nitrogen and oxygen atoms in total. The van der Waals surface area contributed by atoms with Crippen molar-refractivity contribution in [1.82, 2.24) is 15.8 Å².